The summed E-state index contributed by atoms with van der Waals surface area (Å²) in [6.07, 6.45) is 3.69. The van der Waals surface area contributed by atoms with Crippen molar-refractivity contribution in [2.75, 3.05) is 36.9 Å². The minimum Gasteiger partial charge on any atom is -0.420 e. The van der Waals surface area contributed by atoms with Crippen LogP contribution in [-0.4, -0.2) is 103 Å². The second-order valence-electron chi connectivity index (χ2n) is 15.5. The average molecular weight is 894 g/mol. The summed E-state index contributed by atoms with van der Waals surface area (Å²) in [7, 11) is 0. The molecular formula is C42H46ClF2N9O7S. The smallest absolute Gasteiger partial charge is 0.420 e. The number of hydrogen-bond donors (Lipinski definition) is 5. The lowest BCUT2D eigenvalue weighted by Crippen LogP contribution is -2.58. The third-order valence-electron chi connectivity index (χ3n) is 9.71. The summed E-state index contributed by atoms with van der Waals surface area (Å²) in [5, 5.41) is 26.3. The van der Waals surface area contributed by atoms with E-state index in [1.54, 1.807) is 62.1 Å². The molecule has 1 aliphatic rings. The van der Waals surface area contributed by atoms with Gasteiger partial charge in [0.25, 0.3) is 5.91 Å². The van der Waals surface area contributed by atoms with Crippen LogP contribution in [0.1, 0.15) is 48.8 Å². The van der Waals surface area contributed by atoms with E-state index < -0.39 is 52.8 Å². The highest BCUT2D eigenvalue weighted by molar-refractivity contribution is 7.13. The van der Waals surface area contributed by atoms with Crippen LogP contribution >= 0.6 is 22.9 Å². The number of likely N-dealkylation sites (tertiary alicyclic amines) is 1. The summed E-state index contributed by atoms with van der Waals surface area (Å²) in [6.45, 7) is 7.35. The van der Waals surface area contributed by atoms with Crippen LogP contribution in [0, 0.1) is 12.3 Å². The number of amides is 4. The van der Waals surface area contributed by atoms with Crippen LogP contribution in [0.25, 0.3) is 16.1 Å². The Balaban J connectivity index is 0.998. The maximum Gasteiger partial charge on any atom is 0.487 e. The molecular weight excluding hydrogens is 848 g/mol. The first-order valence-electron chi connectivity index (χ1n) is 19.5. The number of aryl methyl sites for hydroxylation is 1. The predicted molar refractivity (Wildman–Crippen MR) is 228 cm³/mol. The Morgan fingerprint density at radius 1 is 1.06 bits per heavy atom. The van der Waals surface area contributed by atoms with Crippen LogP contribution < -0.4 is 26.0 Å². The normalized spacial score (nSPS) is 15.8. The molecule has 5 N–H and O–H groups in total. The standard InChI is InChI=1S/C42H46ClF2N9O7S/c1-25-35(62-24-49-25)27-8-6-26(7-9-27)20-48-39(58)33-19-30(55)22-53(33)40(59)36(41(2,3)4)52-34(56)23-60-17-15-46-37-32(54-16-5-14-50-54)18-28(21-47-37)38(57)51-29-10-12-31(13-11-29)61-42(43,44)45/h5-14,16,18,21,24,30,33,36,55H,15,17,19-20,22-23H2,1-4H3,(H,46,47)(H,48,58)(H,51,57)(H,52,56)/t30-,33+,36?/m0/s1. The molecule has 20 heteroatoms. The van der Waals surface area contributed by atoms with E-state index >= 15 is 0 Å². The van der Waals surface area contributed by atoms with Crippen LogP contribution in [0.4, 0.5) is 20.3 Å². The number of benzene rings is 2. The molecule has 4 heterocycles. The van der Waals surface area contributed by atoms with E-state index in [4.69, 9.17) is 16.3 Å². The zero-order valence-corrected chi connectivity index (χ0v) is 35.8. The maximum atomic E-state index is 14.0. The summed E-state index contributed by atoms with van der Waals surface area (Å²) in [6, 6.07) is 14.3. The Morgan fingerprint density at radius 3 is 2.45 bits per heavy atom. The molecule has 3 atom stereocenters. The molecule has 0 aliphatic carbocycles. The van der Waals surface area contributed by atoms with Gasteiger partial charge in [0.15, 0.2) is 5.82 Å². The largest absolute Gasteiger partial charge is 0.487 e. The number of aromatic nitrogens is 4. The van der Waals surface area contributed by atoms with Crippen LogP contribution in [0.15, 0.2) is 84.8 Å². The van der Waals surface area contributed by atoms with E-state index in [2.05, 4.69) is 41.1 Å². The van der Waals surface area contributed by atoms with Crippen molar-refractivity contribution >= 4 is 58.1 Å². The van der Waals surface area contributed by atoms with Gasteiger partial charge in [-0.2, -0.15) is 5.10 Å². The lowest BCUT2D eigenvalue weighted by molar-refractivity contribution is -0.144. The number of carbonyl (C=O) groups excluding carboxylic acids is 4. The van der Waals surface area contributed by atoms with E-state index in [1.165, 1.54) is 40.0 Å². The SMILES string of the molecule is Cc1ncsc1-c1ccc(CNC(=O)[C@H]2C[C@H](O)CN2C(=O)C(NC(=O)COCCNc2ncc(C(=O)Nc3ccc(OC(F)(F)Cl)cc3)cc2-n2cccn2)C(C)(C)C)cc1. The highest BCUT2D eigenvalue weighted by Crippen LogP contribution is 2.29. The van der Waals surface area contributed by atoms with Crippen LogP contribution in [-0.2, 0) is 25.7 Å². The molecule has 4 amide bonds. The first kappa shape index (κ1) is 45.5. The van der Waals surface area contributed by atoms with Crippen molar-refractivity contribution in [3.63, 3.8) is 0 Å². The molecule has 0 radical (unpaired) electrons. The fourth-order valence-corrected chi connectivity index (χ4v) is 7.53. The van der Waals surface area contributed by atoms with Crippen LogP contribution in [0.2, 0.25) is 0 Å². The maximum absolute atomic E-state index is 14.0. The number of pyridine rings is 1. The summed E-state index contributed by atoms with van der Waals surface area (Å²) in [4.78, 5) is 64.8. The number of alkyl halides is 3. The van der Waals surface area contributed by atoms with Gasteiger partial charge in [0.05, 0.1) is 34.4 Å². The van der Waals surface area contributed by atoms with Gasteiger partial charge in [-0.15, -0.1) is 20.1 Å². The zero-order valence-electron chi connectivity index (χ0n) is 34.2. The quantitative estimate of drug-likeness (QED) is 0.0595. The molecule has 0 saturated carbocycles. The predicted octanol–water partition coefficient (Wildman–Crippen LogP) is 5.36. The van der Waals surface area contributed by atoms with Crippen molar-refractivity contribution in [3.05, 3.63) is 102 Å². The molecule has 0 spiro atoms. The number of rotatable bonds is 17. The monoisotopic (exact) mass is 893 g/mol. The molecule has 1 aliphatic heterocycles. The van der Waals surface area contributed by atoms with Gasteiger partial charge in [0.2, 0.25) is 17.7 Å². The molecule has 6 rings (SSSR count). The Hall–Kier alpha value is -6.02. The number of carbonyl (C=O) groups is 4. The number of nitrogens with zero attached hydrogens (tertiary/aromatic N) is 5. The second-order valence-corrected chi connectivity index (χ2v) is 16.8. The molecule has 16 nitrogen and oxygen atoms in total. The molecule has 1 fully saturated rings. The Bertz CT molecular complexity index is 2340. The summed E-state index contributed by atoms with van der Waals surface area (Å²) >= 11 is 6.36. The number of halogens is 3. The first-order chi connectivity index (χ1) is 29.4. The molecule has 1 unspecified atom stereocenters. The lowest BCUT2D eigenvalue weighted by atomic mass is 9.85. The number of hydrogen-bond acceptors (Lipinski definition) is 12. The third-order valence-corrected chi connectivity index (χ3v) is 10.8. The van der Waals surface area contributed by atoms with Gasteiger partial charge >= 0.3 is 5.57 Å². The van der Waals surface area contributed by atoms with Gasteiger partial charge in [-0.25, -0.2) is 14.6 Å². The molecule has 1 saturated heterocycles. The number of ether oxygens (including phenoxy) is 2. The topological polar surface area (TPSA) is 202 Å². The van der Waals surface area contributed by atoms with Crippen molar-refractivity contribution in [2.45, 2.75) is 64.4 Å². The van der Waals surface area contributed by atoms with E-state index in [0.29, 0.717) is 17.2 Å². The molecule has 3 aromatic heterocycles. The minimum absolute atomic E-state index is 0.0492. The van der Waals surface area contributed by atoms with Gasteiger partial charge in [-0.3, -0.25) is 19.2 Å². The number of anilines is 2. The number of nitrogens with one attached hydrogen (secondary N) is 4. The first-order valence-corrected chi connectivity index (χ1v) is 20.7. The lowest BCUT2D eigenvalue weighted by Gasteiger charge is -2.35. The van der Waals surface area contributed by atoms with Crippen LogP contribution in [0.5, 0.6) is 5.75 Å². The summed E-state index contributed by atoms with van der Waals surface area (Å²) < 4.78 is 37.3. The third kappa shape index (κ3) is 12.1. The van der Waals surface area contributed by atoms with Crippen LogP contribution in [0.3, 0.4) is 0 Å². The van der Waals surface area contributed by atoms with E-state index in [0.717, 1.165) is 21.7 Å². The fourth-order valence-electron chi connectivity index (χ4n) is 6.63. The highest BCUT2D eigenvalue weighted by atomic mass is 35.5. The molecule has 0 bridgehead atoms. The van der Waals surface area contributed by atoms with Gasteiger partial charge in [0.1, 0.15) is 30.1 Å². The number of aliphatic hydroxyl groups excluding tert-OH is 1. The van der Waals surface area contributed by atoms with Crippen molar-refractivity contribution in [1.82, 2.24) is 35.3 Å². The zero-order chi connectivity index (χ0) is 44.6. The van der Waals surface area contributed by atoms with Crippen molar-refractivity contribution in [2.24, 2.45) is 5.41 Å². The van der Waals surface area contributed by atoms with E-state index in [-0.39, 0.29) is 50.6 Å². The average Bonchev–Trinajstić information content (AvgIpc) is 4.01. The number of aliphatic hydroxyl groups is 1. The van der Waals surface area contributed by atoms with Gasteiger partial charge in [-0.1, -0.05) is 45.0 Å². The molecule has 2 aromatic carbocycles. The van der Waals surface area contributed by atoms with E-state index in [1.807, 2.05) is 31.2 Å². The summed E-state index contributed by atoms with van der Waals surface area (Å²) in [5.74, 6) is -1.83. The number of β-amino-alcohol motifs (C(OH)–C–C–N with tert-alkyl or cyclic N) is 1. The van der Waals surface area contributed by atoms with Gasteiger partial charge < -0.3 is 40.7 Å². The van der Waals surface area contributed by atoms with Crippen molar-refractivity contribution in [1.29, 1.82) is 0 Å². The Morgan fingerprint density at radius 2 is 1.81 bits per heavy atom. The molecule has 328 valence electrons. The Labute approximate surface area is 365 Å². The van der Waals surface area contributed by atoms with Crippen molar-refractivity contribution < 1.29 is 42.5 Å². The minimum atomic E-state index is -3.88. The number of thiazole rings is 1. The fraction of sp³-hybridized carbons (Fsp3) is 0.357. The second kappa shape index (κ2) is 19.8. The molecule has 62 heavy (non-hydrogen) atoms. The Kier molecular flexibility index (Phi) is 14.5. The summed E-state index contributed by atoms with van der Waals surface area (Å²) in [5.41, 5.74) is 0.900. The molecule has 5 aromatic rings. The van der Waals surface area contributed by atoms with Gasteiger partial charge in [-0.05, 0) is 59.9 Å². The van der Waals surface area contributed by atoms with Gasteiger partial charge in [0, 0.05) is 61.9 Å². The highest BCUT2D eigenvalue weighted by Gasteiger charge is 2.44. The van der Waals surface area contributed by atoms with E-state index in [9.17, 15) is 33.1 Å². The van der Waals surface area contributed by atoms with Crippen molar-refractivity contribution in [3.8, 4) is 21.9 Å².